The van der Waals surface area contributed by atoms with Gasteiger partial charge in [-0.1, -0.05) is 0 Å². The molecule has 0 radical (unpaired) electrons. The Morgan fingerprint density at radius 3 is 2.19 bits per heavy atom. The molecule has 0 aliphatic heterocycles. The number of fused-ring (bicyclic) bond motifs is 1. The topological polar surface area (TPSA) is 66.7 Å². The summed E-state index contributed by atoms with van der Waals surface area (Å²) < 4.78 is 35.9. The molecule has 31 heavy (non-hydrogen) atoms. The van der Waals surface area contributed by atoms with Gasteiger partial charge in [0.05, 0.1) is 0 Å². The Morgan fingerprint density at radius 2 is 1.68 bits per heavy atom. The first-order valence-corrected chi connectivity index (χ1v) is 22.3. The normalized spacial score (nSPS) is 13.0. The van der Waals surface area contributed by atoms with Crippen molar-refractivity contribution in [3.63, 3.8) is 0 Å². The predicted octanol–water partition coefficient (Wildman–Crippen LogP) is 4.94. The van der Waals surface area contributed by atoms with Crippen LogP contribution >= 0.6 is 23.1 Å². The Bertz CT molecular complexity index is 874. The quantitative estimate of drug-likeness (QED) is 0.170. The van der Waals surface area contributed by atoms with Crippen molar-refractivity contribution in [2.24, 2.45) is 0 Å². The number of unbranched alkanes of at least 4 members (excludes halogenated alkanes) is 3. The maximum atomic E-state index is 11.9. The van der Waals surface area contributed by atoms with E-state index in [0.717, 1.165) is 5.03 Å². The molecule has 1 N–H and O–H groups in total. The van der Waals surface area contributed by atoms with E-state index in [1.54, 1.807) is 14.7 Å². The molecule has 0 bridgehead atoms. The Balaban J connectivity index is 2.19. The molecule has 0 fully saturated rings. The second-order valence-corrected chi connectivity index (χ2v) is 26.7. The first-order chi connectivity index (χ1) is 14.8. The van der Waals surface area contributed by atoms with Gasteiger partial charge in [0.25, 0.3) is 0 Å². The summed E-state index contributed by atoms with van der Waals surface area (Å²) in [5.74, 6) is 0.670. The van der Waals surface area contributed by atoms with E-state index in [1.807, 2.05) is 17.7 Å². The van der Waals surface area contributed by atoms with E-state index in [0.29, 0.717) is 12.3 Å². The van der Waals surface area contributed by atoms with Crippen molar-refractivity contribution in [2.45, 2.75) is 77.6 Å². The summed E-state index contributed by atoms with van der Waals surface area (Å²) in [6.07, 6.45) is 12.3. The SMILES string of the molecule is CCC[CH2][Sn]([CH2]CCC)([CH2]CCC)[c]1cn2cnc(SCCNS(=O)(=O)N(C)C)c2s1. The van der Waals surface area contributed by atoms with Gasteiger partial charge in [-0.3, -0.25) is 0 Å². The minimum atomic E-state index is -3.37. The van der Waals surface area contributed by atoms with E-state index >= 15 is 0 Å². The van der Waals surface area contributed by atoms with Crippen LogP contribution in [0.2, 0.25) is 13.3 Å². The van der Waals surface area contributed by atoms with Crippen molar-refractivity contribution >= 4 is 59.4 Å². The summed E-state index contributed by atoms with van der Waals surface area (Å²) in [7, 11) is -0.294. The van der Waals surface area contributed by atoms with Crippen LogP contribution in [0.1, 0.15) is 59.3 Å². The van der Waals surface area contributed by atoms with E-state index in [-0.39, 0.29) is 0 Å². The van der Waals surface area contributed by atoms with Crippen LogP contribution in [-0.2, 0) is 10.2 Å². The zero-order chi connectivity index (χ0) is 22.9. The van der Waals surface area contributed by atoms with Gasteiger partial charge in [0.2, 0.25) is 0 Å². The zero-order valence-electron chi connectivity index (χ0n) is 19.8. The number of thiazole rings is 1. The van der Waals surface area contributed by atoms with Crippen LogP contribution in [0.5, 0.6) is 0 Å². The number of hydrogen-bond donors (Lipinski definition) is 1. The van der Waals surface area contributed by atoms with Gasteiger partial charge in [0.1, 0.15) is 0 Å². The molecule has 2 heterocycles. The Kier molecular flexibility index (Phi) is 11.7. The minimum absolute atomic E-state index is 0.398. The molecular weight excluding hydrogens is 555 g/mol. The number of aromatic nitrogens is 2. The molecule has 0 atom stereocenters. The van der Waals surface area contributed by atoms with Crippen molar-refractivity contribution in [3.8, 4) is 0 Å². The van der Waals surface area contributed by atoms with Crippen LogP contribution < -0.4 is 7.62 Å². The molecule has 0 spiro atoms. The monoisotopic (exact) mass is 596 g/mol. The average molecular weight is 595 g/mol. The van der Waals surface area contributed by atoms with Crippen LogP contribution in [-0.4, -0.2) is 66.9 Å². The van der Waals surface area contributed by atoms with E-state index in [9.17, 15) is 8.42 Å². The third kappa shape index (κ3) is 7.60. The van der Waals surface area contributed by atoms with Gasteiger partial charge < -0.3 is 0 Å². The summed E-state index contributed by atoms with van der Waals surface area (Å²) >= 11 is 1.19. The molecule has 2 aromatic heterocycles. The average Bonchev–Trinajstić information content (AvgIpc) is 3.32. The summed E-state index contributed by atoms with van der Waals surface area (Å²) in [6.45, 7) is 7.35. The molecule has 0 amide bonds. The van der Waals surface area contributed by atoms with Gasteiger partial charge in [-0.15, -0.1) is 0 Å². The molecule has 0 unspecified atom stereocenters. The van der Waals surface area contributed by atoms with Gasteiger partial charge >= 0.3 is 203 Å². The third-order valence-electron chi connectivity index (χ3n) is 5.84. The van der Waals surface area contributed by atoms with E-state index in [1.165, 1.54) is 75.1 Å². The summed E-state index contributed by atoms with van der Waals surface area (Å²) in [6, 6.07) is 0. The molecule has 0 saturated heterocycles. The molecule has 0 aromatic carbocycles. The van der Waals surface area contributed by atoms with E-state index < -0.39 is 28.6 Å². The Hall–Kier alpha value is 0.189. The van der Waals surface area contributed by atoms with Crippen LogP contribution in [0, 0.1) is 0 Å². The summed E-state index contributed by atoms with van der Waals surface area (Å²) in [5.41, 5.74) is 0. The summed E-state index contributed by atoms with van der Waals surface area (Å²) in [5, 5.41) is 1.03. The van der Waals surface area contributed by atoms with Crippen LogP contribution in [0.15, 0.2) is 17.6 Å². The summed E-state index contributed by atoms with van der Waals surface area (Å²) in [4.78, 5) is 5.84. The number of rotatable bonds is 16. The van der Waals surface area contributed by atoms with Gasteiger partial charge in [0.15, 0.2) is 0 Å². The molecule has 0 saturated carbocycles. The van der Waals surface area contributed by atoms with Crippen molar-refractivity contribution in [1.82, 2.24) is 18.4 Å². The number of nitrogens with one attached hydrogen (secondary N) is 1. The molecule has 178 valence electrons. The molecular formula is C21H40N4O2S3Sn. The van der Waals surface area contributed by atoms with E-state index in [2.05, 4.69) is 41.1 Å². The molecule has 2 aromatic rings. The van der Waals surface area contributed by atoms with Crippen molar-refractivity contribution in [3.05, 3.63) is 12.5 Å². The maximum absolute atomic E-state index is 11.9. The molecule has 6 nitrogen and oxygen atoms in total. The number of thioether (sulfide) groups is 1. The van der Waals surface area contributed by atoms with Crippen LogP contribution in [0.3, 0.4) is 0 Å². The number of hydrogen-bond acceptors (Lipinski definition) is 5. The second kappa shape index (κ2) is 13.2. The standard InChI is InChI=1S/C9H13N4O2S3.3C4H9.Sn/c1-12(2)18(14,15)11-3-5-16-8-9-13(7-10-8)4-6-17-9;3*1-3-4-2;/h4,7,11H,3,5H2,1-2H3;3*1,3-4H2,2H3;. The predicted molar refractivity (Wildman–Crippen MR) is 139 cm³/mol. The van der Waals surface area contributed by atoms with Gasteiger partial charge in [-0.05, 0) is 0 Å². The fraction of sp³-hybridized carbons (Fsp3) is 0.762. The van der Waals surface area contributed by atoms with Crippen molar-refractivity contribution in [2.75, 3.05) is 26.4 Å². The fourth-order valence-corrected chi connectivity index (χ4v) is 25.6. The van der Waals surface area contributed by atoms with E-state index in [4.69, 9.17) is 0 Å². The van der Waals surface area contributed by atoms with Gasteiger partial charge in [-0.25, -0.2) is 0 Å². The zero-order valence-corrected chi connectivity index (χ0v) is 25.1. The molecule has 0 aliphatic rings. The second-order valence-electron chi connectivity index (χ2n) is 8.48. The molecule has 0 aliphatic carbocycles. The molecule has 2 rings (SSSR count). The van der Waals surface area contributed by atoms with Crippen molar-refractivity contribution in [1.29, 1.82) is 0 Å². The van der Waals surface area contributed by atoms with Crippen molar-refractivity contribution < 1.29 is 8.42 Å². The van der Waals surface area contributed by atoms with Crippen LogP contribution in [0.4, 0.5) is 0 Å². The van der Waals surface area contributed by atoms with Gasteiger partial charge in [0, 0.05) is 0 Å². The Labute approximate surface area is 201 Å². The number of imidazole rings is 1. The Morgan fingerprint density at radius 1 is 1.10 bits per heavy atom. The first kappa shape index (κ1) is 27.4. The first-order valence-electron chi connectivity index (χ1n) is 11.6. The fourth-order valence-electron chi connectivity index (χ4n) is 3.86. The third-order valence-corrected chi connectivity index (χ3v) is 27.8. The molecule has 10 heteroatoms. The number of nitrogens with zero attached hydrogens (tertiary/aromatic N) is 3. The van der Waals surface area contributed by atoms with Gasteiger partial charge in [-0.2, -0.15) is 0 Å². The van der Waals surface area contributed by atoms with Crippen LogP contribution in [0.25, 0.3) is 4.83 Å².